The van der Waals surface area contributed by atoms with E-state index in [1.807, 2.05) is 0 Å². The zero-order valence-electron chi connectivity index (χ0n) is 13.5. The van der Waals surface area contributed by atoms with Gasteiger partial charge in [0.1, 0.15) is 30.5 Å². The molecule has 0 aromatic carbocycles. The van der Waals surface area contributed by atoms with Gasteiger partial charge in [-0.1, -0.05) is 0 Å². The molecule has 2 aliphatic heterocycles. The van der Waals surface area contributed by atoms with Gasteiger partial charge in [-0.15, -0.1) is 0 Å². The lowest BCUT2D eigenvalue weighted by Gasteiger charge is -2.43. The van der Waals surface area contributed by atoms with E-state index in [-0.39, 0.29) is 24.7 Å². The molecular formula is C16H26O8. The summed E-state index contributed by atoms with van der Waals surface area (Å²) in [6.45, 7) is 1.15. The molecule has 3 rings (SSSR count). The third kappa shape index (κ3) is 2.96. The van der Waals surface area contributed by atoms with Crippen LogP contribution in [-0.4, -0.2) is 85.6 Å². The zero-order chi connectivity index (χ0) is 17.6. The highest BCUT2D eigenvalue weighted by molar-refractivity contribution is 5.12. The minimum Gasteiger partial charge on any atom is -0.498 e. The van der Waals surface area contributed by atoms with E-state index in [1.165, 1.54) is 6.26 Å². The Kier molecular flexibility index (Phi) is 4.91. The second kappa shape index (κ2) is 6.53. The van der Waals surface area contributed by atoms with Crippen molar-refractivity contribution in [3.05, 3.63) is 12.3 Å². The zero-order valence-corrected chi connectivity index (χ0v) is 13.5. The quantitative estimate of drug-likeness (QED) is 0.341. The lowest BCUT2D eigenvalue weighted by atomic mass is 9.78. The van der Waals surface area contributed by atoms with Crippen LogP contribution in [0.2, 0.25) is 0 Å². The molecule has 0 aromatic heterocycles. The average molecular weight is 346 g/mol. The van der Waals surface area contributed by atoms with E-state index in [4.69, 9.17) is 9.47 Å². The summed E-state index contributed by atoms with van der Waals surface area (Å²) in [5.74, 6) is -0.645. The lowest BCUT2D eigenvalue weighted by molar-refractivity contribution is -0.237. The van der Waals surface area contributed by atoms with Crippen molar-refractivity contribution in [1.82, 2.24) is 0 Å². The first-order chi connectivity index (χ1) is 11.3. The van der Waals surface area contributed by atoms with Gasteiger partial charge in [0.15, 0.2) is 0 Å². The van der Waals surface area contributed by atoms with E-state index in [1.54, 1.807) is 13.0 Å². The predicted molar refractivity (Wildman–Crippen MR) is 80.6 cm³/mol. The van der Waals surface area contributed by atoms with Crippen LogP contribution < -0.4 is 0 Å². The molecule has 2 heterocycles. The van der Waals surface area contributed by atoms with Crippen LogP contribution in [0.25, 0.3) is 0 Å². The maximum Gasteiger partial charge on any atom is 0.111 e. The number of rotatable bonds is 3. The van der Waals surface area contributed by atoms with Crippen molar-refractivity contribution in [2.75, 3.05) is 6.61 Å². The maximum absolute atomic E-state index is 10.6. The van der Waals surface area contributed by atoms with Crippen LogP contribution in [0.3, 0.4) is 0 Å². The summed E-state index contributed by atoms with van der Waals surface area (Å²) >= 11 is 0. The second-order valence-corrected chi connectivity index (χ2v) is 7.34. The average Bonchev–Trinajstić information content (AvgIpc) is 2.78. The monoisotopic (exact) mass is 346 g/mol. The topological polar surface area (TPSA) is 140 Å². The third-order valence-corrected chi connectivity index (χ3v) is 5.61. The Bertz CT molecular complexity index is 479. The number of fused-ring (bicyclic) bond motifs is 1. The van der Waals surface area contributed by atoms with Crippen molar-refractivity contribution >= 4 is 0 Å². The standard InChI is InChI=1S/C16H26O8/c1-16(22)5-8(18)7-2-3-23-9(12(7)16)4-10-13(19)15(21)14(20)11(6-17)24-10/h2-3,7-15,17-22H,4-6H2,1H3. The molecule has 138 valence electrons. The molecule has 1 saturated heterocycles. The summed E-state index contributed by atoms with van der Waals surface area (Å²) in [7, 11) is 0. The van der Waals surface area contributed by atoms with E-state index in [2.05, 4.69) is 0 Å². The minimum atomic E-state index is -1.44. The lowest BCUT2D eigenvalue weighted by Crippen LogP contribution is -2.59. The molecule has 6 N–H and O–H groups in total. The molecule has 8 nitrogen and oxygen atoms in total. The van der Waals surface area contributed by atoms with Gasteiger partial charge in [0, 0.05) is 24.7 Å². The van der Waals surface area contributed by atoms with Crippen LogP contribution in [0.15, 0.2) is 12.3 Å². The molecule has 10 unspecified atom stereocenters. The van der Waals surface area contributed by atoms with E-state index < -0.39 is 54.9 Å². The van der Waals surface area contributed by atoms with Gasteiger partial charge in [-0.05, 0) is 13.0 Å². The number of hydrogen-bond acceptors (Lipinski definition) is 8. The SMILES string of the molecule is CC1(O)CC(O)C2C=COC(CC3OC(CO)C(O)C(O)C3O)C21. The smallest absolute Gasteiger partial charge is 0.111 e. The molecule has 3 aliphatic rings. The number of aliphatic hydroxyl groups excluding tert-OH is 5. The maximum atomic E-state index is 10.6. The molecule has 0 radical (unpaired) electrons. The number of ether oxygens (including phenoxy) is 2. The Labute approximate surface area is 139 Å². The molecule has 0 bridgehead atoms. The molecule has 0 aromatic rings. The van der Waals surface area contributed by atoms with E-state index >= 15 is 0 Å². The van der Waals surface area contributed by atoms with Crippen molar-refractivity contribution in [3.8, 4) is 0 Å². The van der Waals surface area contributed by atoms with Crippen LogP contribution in [0.5, 0.6) is 0 Å². The van der Waals surface area contributed by atoms with Crippen molar-refractivity contribution < 1.29 is 40.1 Å². The second-order valence-electron chi connectivity index (χ2n) is 7.34. The van der Waals surface area contributed by atoms with Gasteiger partial charge in [-0.3, -0.25) is 0 Å². The molecule has 10 atom stereocenters. The fourth-order valence-corrected chi connectivity index (χ4v) is 4.37. The van der Waals surface area contributed by atoms with Crippen molar-refractivity contribution in [2.45, 2.75) is 68.1 Å². The summed E-state index contributed by atoms with van der Waals surface area (Å²) in [6, 6.07) is 0. The largest absolute Gasteiger partial charge is 0.498 e. The van der Waals surface area contributed by atoms with E-state index in [0.29, 0.717) is 0 Å². The highest BCUT2D eigenvalue weighted by Crippen LogP contribution is 2.47. The van der Waals surface area contributed by atoms with Gasteiger partial charge in [0.05, 0.1) is 30.7 Å². The third-order valence-electron chi connectivity index (χ3n) is 5.61. The highest BCUT2D eigenvalue weighted by atomic mass is 16.5. The van der Waals surface area contributed by atoms with E-state index in [0.717, 1.165) is 0 Å². The summed E-state index contributed by atoms with van der Waals surface area (Å²) in [5.41, 5.74) is -1.13. The summed E-state index contributed by atoms with van der Waals surface area (Å²) in [5, 5.41) is 59.9. The van der Waals surface area contributed by atoms with Gasteiger partial charge in [0.2, 0.25) is 0 Å². The Balaban J connectivity index is 1.76. The normalized spacial score (nSPS) is 54.4. The fourth-order valence-electron chi connectivity index (χ4n) is 4.37. The first-order valence-corrected chi connectivity index (χ1v) is 8.29. The molecule has 1 aliphatic carbocycles. The Morgan fingerprint density at radius 2 is 1.71 bits per heavy atom. The van der Waals surface area contributed by atoms with Gasteiger partial charge >= 0.3 is 0 Å². The van der Waals surface area contributed by atoms with Crippen LogP contribution >= 0.6 is 0 Å². The van der Waals surface area contributed by atoms with Gasteiger partial charge < -0.3 is 40.1 Å². The fraction of sp³-hybridized carbons (Fsp3) is 0.875. The summed E-state index contributed by atoms with van der Waals surface area (Å²) < 4.78 is 11.1. The van der Waals surface area contributed by atoms with E-state index in [9.17, 15) is 30.6 Å². The summed E-state index contributed by atoms with van der Waals surface area (Å²) in [6.07, 6.45) is -3.67. The molecule has 0 amide bonds. The molecule has 24 heavy (non-hydrogen) atoms. The predicted octanol–water partition coefficient (Wildman–Crippen LogP) is -2.12. The molecule has 0 spiro atoms. The van der Waals surface area contributed by atoms with Gasteiger partial charge in [0.25, 0.3) is 0 Å². The Morgan fingerprint density at radius 3 is 2.38 bits per heavy atom. The molecule has 8 heteroatoms. The van der Waals surface area contributed by atoms with Crippen LogP contribution in [0, 0.1) is 11.8 Å². The number of aliphatic hydroxyl groups is 6. The summed E-state index contributed by atoms with van der Waals surface area (Å²) in [4.78, 5) is 0. The van der Waals surface area contributed by atoms with Crippen LogP contribution in [-0.2, 0) is 9.47 Å². The molecular weight excluding hydrogens is 320 g/mol. The highest BCUT2D eigenvalue weighted by Gasteiger charge is 2.55. The van der Waals surface area contributed by atoms with Crippen LogP contribution in [0.4, 0.5) is 0 Å². The van der Waals surface area contributed by atoms with Crippen molar-refractivity contribution in [2.24, 2.45) is 11.8 Å². The van der Waals surface area contributed by atoms with Gasteiger partial charge in [-0.2, -0.15) is 0 Å². The van der Waals surface area contributed by atoms with Gasteiger partial charge in [-0.25, -0.2) is 0 Å². The van der Waals surface area contributed by atoms with Crippen LogP contribution in [0.1, 0.15) is 19.8 Å². The first kappa shape index (κ1) is 18.1. The first-order valence-electron chi connectivity index (χ1n) is 8.29. The molecule has 1 saturated carbocycles. The Morgan fingerprint density at radius 1 is 1.04 bits per heavy atom. The van der Waals surface area contributed by atoms with Crippen molar-refractivity contribution in [1.29, 1.82) is 0 Å². The minimum absolute atomic E-state index is 0.149. The Hall–Kier alpha value is -0.740. The number of hydrogen-bond donors (Lipinski definition) is 6. The van der Waals surface area contributed by atoms with Crippen molar-refractivity contribution in [3.63, 3.8) is 0 Å². The molecule has 2 fully saturated rings.